The Morgan fingerprint density at radius 2 is 1.33 bits per heavy atom. The van der Waals surface area contributed by atoms with E-state index < -0.39 is 5.97 Å². The normalized spacial score (nSPS) is 10.2. The summed E-state index contributed by atoms with van der Waals surface area (Å²) in [6.45, 7) is 0. The number of benzene rings is 2. The molecular weight excluding hydrogens is 312 g/mol. The molecule has 6 nitrogen and oxygen atoms in total. The molecule has 0 saturated carbocycles. The van der Waals surface area contributed by atoms with Gasteiger partial charge in [0, 0.05) is 12.0 Å². The molecule has 128 valence electrons. The van der Waals surface area contributed by atoms with E-state index in [0.717, 1.165) is 5.56 Å². The van der Waals surface area contributed by atoms with Crippen molar-refractivity contribution >= 4 is 5.97 Å². The number of carboxylic acid groups (broad SMARTS) is 1. The number of hydrogen-bond donors (Lipinski definition) is 1. The summed E-state index contributed by atoms with van der Waals surface area (Å²) in [5, 5.41) is 9.73. The molecule has 1 N–H and O–H groups in total. The molecule has 6 heteroatoms. The van der Waals surface area contributed by atoms with Crippen LogP contribution in [-0.4, -0.2) is 39.5 Å². The van der Waals surface area contributed by atoms with Gasteiger partial charge in [0.25, 0.3) is 0 Å². The smallest absolute Gasteiger partial charge is 0.340 e. The first kappa shape index (κ1) is 17.5. The van der Waals surface area contributed by atoms with Gasteiger partial charge in [-0.15, -0.1) is 0 Å². The van der Waals surface area contributed by atoms with Crippen molar-refractivity contribution in [3.8, 4) is 23.0 Å². The van der Waals surface area contributed by atoms with E-state index in [-0.39, 0.29) is 17.1 Å². The number of rotatable bonds is 7. The Bertz CT molecular complexity index is 724. The summed E-state index contributed by atoms with van der Waals surface area (Å²) in [5.74, 6) is -0.221. The second-order valence-corrected chi connectivity index (χ2v) is 4.95. The fourth-order valence-electron chi connectivity index (χ4n) is 2.68. The van der Waals surface area contributed by atoms with Crippen LogP contribution in [-0.2, 0) is 6.42 Å². The Labute approximate surface area is 140 Å². The van der Waals surface area contributed by atoms with Crippen molar-refractivity contribution in [3.63, 3.8) is 0 Å². The lowest BCUT2D eigenvalue weighted by molar-refractivity contribution is 0.0690. The second-order valence-electron chi connectivity index (χ2n) is 4.95. The molecule has 0 amide bonds. The van der Waals surface area contributed by atoms with Gasteiger partial charge in [-0.25, -0.2) is 4.79 Å². The van der Waals surface area contributed by atoms with Gasteiger partial charge in [-0.1, -0.05) is 30.3 Å². The summed E-state index contributed by atoms with van der Waals surface area (Å²) in [6.07, 6.45) is 0.350. The third-order valence-corrected chi connectivity index (χ3v) is 3.68. The lowest BCUT2D eigenvalue weighted by Crippen LogP contribution is -2.11. The maximum Gasteiger partial charge on any atom is 0.340 e. The topological polar surface area (TPSA) is 74.2 Å². The molecule has 0 atom stereocenters. The van der Waals surface area contributed by atoms with Crippen molar-refractivity contribution in [2.24, 2.45) is 0 Å². The van der Waals surface area contributed by atoms with Crippen LogP contribution in [0.15, 0.2) is 30.3 Å². The molecule has 0 spiro atoms. The Hall–Kier alpha value is -2.89. The van der Waals surface area contributed by atoms with Gasteiger partial charge in [0.05, 0.1) is 28.4 Å². The predicted octanol–water partition coefficient (Wildman–Crippen LogP) is 3.01. The zero-order valence-electron chi connectivity index (χ0n) is 14.1. The van der Waals surface area contributed by atoms with E-state index >= 15 is 0 Å². The van der Waals surface area contributed by atoms with E-state index in [9.17, 15) is 9.90 Å². The summed E-state index contributed by atoms with van der Waals surface area (Å²) >= 11 is 0. The molecule has 0 aliphatic carbocycles. The number of methoxy groups -OCH3 is 4. The molecular formula is C18H20O6. The van der Waals surface area contributed by atoms with Crippen LogP contribution >= 0.6 is 0 Å². The van der Waals surface area contributed by atoms with Gasteiger partial charge in [0.15, 0.2) is 11.5 Å². The van der Waals surface area contributed by atoms with Crippen molar-refractivity contribution in [1.29, 1.82) is 0 Å². The quantitative estimate of drug-likeness (QED) is 0.840. The minimum atomic E-state index is -1.13. The van der Waals surface area contributed by atoms with Gasteiger partial charge in [0.2, 0.25) is 11.5 Å². The molecule has 0 heterocycles. The van der Waals surface area contributed by atoms with Crippen molar-refractivity contribution in [3.05, 3.63) is 47.0 Å². The third-order valence-electron chi connectivity index (χ3n) is 3.68. The van der Waals surface area contributed by atoms with Crippen molar-refractivity contribution in [2.45, 2.75) is 6.42 Å². The summed E-state index contributed by atoms with van der Waals surface area (Å²) < 4.78 is 21.5. The number of aromatic carboxylic acids is 1. The minimum absolute atomic E-state index is 0.00384. The Morgan fingerprint density at radius 3 is 1.79 bits per heavy atom. The summed E-state index contributed by atoms with van der Waals surface area (Å²) in [7, 11) is 5.74. The second kappa shape index (κ2) is 7.59. The zero-order chi connectivity index (χ0) is 17.7. The first-order valence-electron chi connectivity index (χ1n) is 7.25. The lowest BCUT2D eigenvalue weighted by Gasteiger charge is -2.21. The Morgan fingerprint density at radius 1 is 0.833 bits per heavy atom. The monoisotopic (exact) mass is 332 g/mol. The number of hydrogen-bond acceptors (Lipinski definition) is 5. The molecule has 0 fully saturated rings. The molecule has 0 aliphatic heterocycles. The van der Waals surface area contributed by atoms with Crippen LogP contribution in [0.1, 0.15) is 21.5 Å². The van der Waals surface area contributed by atoms with Gasteiger partial charge in [-0.3, -0.25) is 0 Å². The maximum absolute atomic E-state index is 11.9. The maximum atomic E-state index is 11.9. The lowest BCUT2D eigenvalue weighted by atomic mass is 9.96. The average Bonchev–Trinajstić information content (AvgIpc) is 2.60. The van der Waals surface area contributed by atoms with Crippen LogP contribution in [0.5, 0.6) is 23.0 Å². The molecule has 0 unspecified atom stereocenters. The van der Waals surface area contributed by atoms with E-state index in [1.165, 1.54) is 28.4 Å². The summed E-state index contributed by atoms with van der Waals surface area (Å²) in [5.41, 5.74) is 1.40. The van der Waals surface area contributed by atoms with Crippen molar-refractivity contribution in [2.75, 3.05) is 28.4 Å². The number of carbonyl (C=O) groups is 1. The Balaban J connectivity index is 2.81. The molecule has 2 aromatic carbocycles. The van der Waals surface area contributed by atoms with Gasteiger partial charge >= 0.3 is 5.97 Å². The number of carboxylic acids is 1. The molecule has 2 rings (SSSR count). The first-order chi connectivity index (χ1) is 11.6. The van der Waals surface area contributed by atoms with Crippen LogP contribution < -0.4 is 18.9 Å². The molecule has 0 aromatic heterocycles. The highest BCUT2D eigenvalue weighted by Crippen LogP contribution is 2.50. The SMILES string of the molecule is COc1c(Cc2ccccc2)c(C(=O)O)c(OC)c(OC)c1OC. The summed E-state index contributed by atoms with van der Waals surface area (Å²) in [4.78, 5) is 11.9. The predicted molar refractivity (Wildman–Crippen MR) is 88.9 cm³/mol. The van der Waals surface area contributed by atoms with Crippen LogP contribution in [0.3, 0.4) is 0 Å². The molecule has 0 bridgehead atoms. The highest BCUT2D eigenvalue weighted by Gasteiger charge is 2.30. The molecule has 0 aliphatic rings. The fraction of sp³-hybridized carbons (Fsp3) is 0.278. The first-order valence-corrected chi connectivity index (χ1v) is 7.25. The van der Waals surface area contributed by atoms with Crippen LogP contribution in [0, 0.1) is 0 Å². The van der Waals surface area contributed by atoms with E-state index in [1.54, 1.807) is 0 Å². The van der Waals surface area contributed by atoms with E-state index in [4.69, 9.17) is 18.9 Å². The van der Waals surface area contributed by atoms with Crippen LogP contribution in [0.25, 0.3) is 0 Å². The highest BCUT2D eigenvalue weighted by atomic mass is 16.5. The van der Waals surface area contributed by atoms with Crippen LogP contribution in [0.4, 0.5) is 0 Å². The van der Waals surface area contributed by atoms with Gasteiger partial charge in [-0.2, -0.15) is 0 Å². The van der Waals surface area contributed by atoms with Gasteiger partial charge in [0.1, 0.15) is 5.56 Å². The van der Waals surface area contributed by atoms with E-state index in [0.29, 0.717) is 23.5 Å². The largest absolute Gasteiger partial charge is 0.492 e. The fourth-order valence-corrected chi connectivity index (χ4v) is 2.68. The van der Waals surface area contributed by atoms with Gasteiger partial charge < -0.3 is 24.1 Å². The molecule has 0 radical (unpaired) electrons. The molecule has 24 heavy (non-hydrogen) atoms. The zero-order valence-corrected chi connectivity index (χ0v) is 14.1. The standard InChI is InChI=1S/C18H20O6/c1-21-14-12(10-11-8-6-5-7-9-11)13(18(19)20)15(22-2)17(24-4)16(14)23-3/h5-9H,10H2,1-4H3,(H,19,20). The van der Waals surface area contributed by atoms with E-state index in [1.807, 2.05) is 30.3 Å². The molecule has 2 aromatic rings. The average molecular weight is 332 g/mol. The summed E-state index contributed by atoms with van der Waals surface area (Å²) in [6, 6.07) is 9.50. The van der Waals surface area contributed by atoms with Crippen molar-refractivity contribution < 1.29 is 28.8 Å². The molecule has 0 saturated heterocycles. The van der Waals surface area contributed by atoms with E-state index in [2.05, 4.69) is 0 Å². The van der Waals surface area contributed by atoms with Crippen LogP contribution in [0.2, 0.25) is 0 Å². The third kappa shape index (κ3) is 3.08. The highest BCUT2D eigenvalue weighted by molar-refractivity contribution is 5.96. The Kier molecular flexibility index (Phi) is 5.52. The number of ether oxygens (including phenoxy) is 4. The van der Waals surface area contributed by atoms with Gasteiger partial charge in [-0.05, 0) is 5.56 Å². The van der Waals surface area contributed by atoms with Crippen molar-refractivity contribution in [1.82, 2.24) is 0 Å². The minimum Gasteiger partial charge on any atom is -0.492 e.